The monoisotopic (exact) mass is 372 g/mol. The minimum Gasteiger partial charge on any atom is -0.493 e. The van der Waals surface area contributed by atoms with E-state index >= 15 is 0 Å². The number of anilines is 1. The van der Waals surface area contributed by atoms with E-state index < -0.39 is 0 Å². The van der Waals surface area contributed by atoms with Crippen LogP contribution in [0.4, 0.5) is 5.69 Å². The molecule has 0 saturated carbocycles. The SMILES string of the molecule is COc1cc(CNCCCCO)ccc1OCC(=O)Nc1ccc(C)cc1. The summed E-state index contributed by atoms with van der Waals surface area (Å²) < 4.78 is 11.0. The zero-order chi connectivity index (χ0) is 19.5. The van der Waals surface area contributed by atoms with Gasteiger partial charge in [0.15, 0.2) is 18.1 Å². The zero-order valence-corrected chi connectivity index (χ0v) is 16.0. The first-order valence-corrected chi connectivity index (χ1v) is 9.10. The molecular formula is C21H28N2O4. The van der Waals surface area contributed by atoms with Crippen LogP contribution in [-0.4, -0.2) is 37.9 Å². The Morgan fingerprint density at radius 2 is 1.85 bits per heavy atom. The summed E-state index contributed by atoms with van der Waals surface area (Å²) in [5.41, 5.74) is 2.94. The van der Waals surface area contributed by atoms with Gasteiger partial charge in [0.1, 0.15) is 0 Å². The highest BCUT2D eigenvalue weighted by atomic mass is 16.5. The van der Waals surface area contributed by atoms with Crippen molar-refractivity contribution in [3.05, 3.63) is 53.6 Å². The number of hydrogen-bond acceptors (Lipinski definition) is 5. The predicted molar refractivity (Wildman–Crippen MR) is 106 cm³/mol. The molecule has 0 atom stereocenters. The van der Waals surface area contributed by atoms with Crippen LogP contribution >= 0.6 is 0 Å². The van der Waals surface area contributed by atoms with E-state index in [-0.39, 0.29) is 19.1 Å². The molecule has 0 aromatic heterocycles. The van der Waals surface area contributed by atoms with Gasteiger partial charge < -0.3 is 25.2 Å². The first-order valence-electron chi connectivity index (χ1n) is 9.10. The summed E-state index contributed by atoms with van der Waals surface area (Å²) in [5, 5.41) is 14.9. The minimum atomic E-state index is -0.226. The second kappa shape index (κ2) is 11.2. The van der Waals surface area contributed by atoms with Crippen LogP contribution in [0.25, 0.3) is 0 Å². The number of aliphatic hydroxyl groups excluding tert-OH is 1. The van der Waals surface area contributed by atoms with Crippen molar-refractivity contribution in [3.8, 4) is 11.5 Å². The first kappa shape index (κ1) is 20.7. The third-order valence-corrected chi connectivity index (χ3v) is 4.01. The quantitative estimate of drug-likeness (QED) is 0.529. The number of carbonyl (C=O) groups is 1. The highest BCUT2D eigenvalue weighted by molar-refractivity contribution is 5.91. The molecule has 6 heteroatoms. The zero-order valence-electron chi connectivity index (χ0n) is 16.0. The molecule has 2 aromatic carbocycles. The van der Waals surface area contributed by atoms with E-state index in [1.807, 2.05) is 49.4 Å². The van der Waals surface area contributed by atoms with Gasteiger partial charge in [-0.1, -0.05) is 23.8 Å². The predicted octanol–water partition coefficient (Wildman–Crippen LogP) is 2.88. The van der Waals surface area contributed by atoms with Crippen LogP contribution in [0.3, 0.4) is 0 Å². The maximum atomic E-state index is 12.1. The van der Waals surface area contributed by atoms with Crippen molar-refractivity contribution < 1.29 is 19.4 Å². The fraction of sp³-hybridized carbons (Fsp3) is 0.381. The van der Waals surface area contributed by atoms with Gasteiger partial charge in [-0.05, 0) is 56.1 Å². The van der Waals surface area contributed by atoms with Gasteiger partial charge in [-0.3, -0.25) is 4.79 Å². The van der Waals surface area contributed by atoms with Gasteiger partial charge >= 0.3 is 0 Å². The average Bonchev–Trinajstić information content (AvgIpc) is 2.68. The second-order valence-corrected chi connectivity index (χ2v) is 6.30. The Morgan fingerprint density at radius 1 is 1.07 bits per heavy atom. The highest BCUT2D eigenvalue weighted by Gasteiger charge is 2.09. The molecule has 0 radical (unpaired) electrons. The smallest absolute Gasteiger partial charge is 0.262 e. The first-order chi connectivity index (χ1) is 13.1. The van der Waals surface area contributed by atoms with E-state index in [1.165, 1.54) is 0 Å². The maximum absolute atomic E-state index is 12.1. The summed E-state index contributed by atoms with van der Waals surface area (Å²) in [6, 6.07) is 13.2. The lowest BCUT2D eigenvalue weighted by Gasteiger charge is -2.13. The largest absolute Gasteiger partial charge is 0.493 e. The highest BCUT2D eigenvalue weighted by Crippen LogP contribution is 2.28. The van der Waals surface area contributed by atoms with E-state index in [0.717, 1.165) is 36.2 Å². The van der Waals surface area contributed by atoms with Crippen LogP contribution in [0.2, 0.25) is 0 Å². The number of ether oxygens (including phenoxy) is 2. The van der Waals surface area contributed by atoms with Crippen LogP contribution in [0, 0.1) is 6.92 Å². The Kier molecular flexibility index (Phi) is 8.61. The molecule has 0 unspecified atom stereocenters. The van der Waals surface area contributed by atoms with Gasteiger partial charge in [0.2, 0.25) is 0 Å². The van der Waals surface area contributed by atoms with E-state index in [0.29, 0.717) is 18.0 Å². The normalized spacial score (nSPS) is 10.5. The van der Waals surface area contributed by atoms with Crippen LogP contribution < -0.4 is 20.1 Å². The molecule has 146 valence electrons. The Balaban J connectivity index is 1.84. The van der Waals surface area contributed by atoms with Crippen molar-refractivity contribution in [3.63, 3.8) is 0 Å². The third-order valence-electron chi connectivity index (χ3n) is 4.01. The summed E-state index contributed by atoms with van der Waals surface area (Å²) in [6.45, 7) is 3.67. The van der Waals surface area contributed by atoms with Crippen molar-refractivity contribution in [2.45, 2.75) is 26.3 Å². The number of aliphatic hydroxyl groups is 1. The lowest BCUT2D eigenvalue weighted by Crippen LogP contribution is -2.20. The molecule has 2 rings (SSSR count). The molecule has 6 nitrogen and oxygen atoms in total. The molecule has 0 aliphatic heterocycles. The molecule has 1 amide bonds. The van der Waals surface area contributed by atoms with Crippen molar-refractivity contribution in [2.24, 2.45) is 0 Å². The molecule has 27 heavy (non-hydrogen) atoms. The average molecular weight is 372 g/mol. The molecular weight excluding hydrogens is 344 g/mol. The fourth-order valence-corrected chi connectivity index (χ4v) is 2.51. The van der Waals surface area contributed by atoms with E-state index in [2.05, 4.69) is 10.6 Å². The molecule has 0 bridgehead atoms. The van der Waals surface area contributed by atoms with Gasteiger partial charge in [-0.2, -0.15) is 0 Å². The molecule has 0 spiro atoms. The van der Waals surface area contributed by atoms with Crippen LogP contribution in [0.5, 0.6) is 11.5 Å². The lowest BCUT2D eigenvalue weighted by atomic mass is 10.2. The second-order valence-electron chi connectivity index (χ2n) is 6.30. The van der Waals surface area contributed by atoms with Gasteiger partial charge in [0.25, 0.3) is 5.91 Å². The molecule has 0 fully saturated rings. The lowest BCUT2D eigenvalue weighted by molar-refractivity contribution is -0.118. The molecule has 0 saturated heterocycles. The summed E-state index contributed by atoms with van der Waals surface area (Å²) in [4.78, 5) is 12.1. The number of rotatable bonds is 11. The number of amides is 1. The van der Waals surface area contributed by atoms with Crippen LogP contribution in [0.15, 0.2) is 42.5 Å². The van der Waals surface area contributed by atoms with Gasteiger partial charge in [0, 0.05) is 18.8 Å². The Bertz CT molecular complexity index is 717. The van der Waals surface area contributed by atoms with Crippen molar-refractivity contribution in [2.75, 3.05) is 32.2 Å². The summed E-state index contributed by atoms with van der Waals surface area (Å²) in [5.74, 6) is 0.893. The molecule has 3 N–H and O–H groups in total. The number of unbranched alkanes of at least 4 members (excludes halogenated alkanes) is 1. The van der Waals surface area contributed by atoms with Gasteiger partial charge in [-0.25, -0.2) is 0 Å². The Hall–Kier alpha value is -2.57. The van der Waals surface area contributed by atoms with Crippen molar-refractivity contribution in [1.82, 2.24) is 5.32 Å². The number of carbonyl (C=O) groups excluding carboxylic acids is 1. The summed E-state index contributed by atoms with van der Waals surface area (Å²) in [7, 11) is 1.58. The van der Waals surface area contributed by atoms with Gasteiger partial charge in [-0.15, -0.1) is 0 Å². The summed E-state index contributed by atoms with van der Waals surface area (Å²) >= 11 is 0. The number of hydrogen-bond donors (Lipinski definition) is 3. The van der Waals surface area contributed by atoms with E-state index in [4.69, 9.17) is 14.6 Å². The van der Waals surface area contributed by atoms with Crippen LogP contribution in [-0.2, 0) is 11.3 Å². The van der Waals surface area contributed by atoms with E-state index in [9.17, 15) is 4.79 Å². The standard InChI is InChI=1S/C21H28N2O4/c1-16-5-8-18(9-6-16)23-21(25)15-27-19-10-7-17(13-20(19)26-2)14-22-11-3-4-12-24/h5-10,13,22,24H,3-4,11-12,14-15H2,1-2H3,(H,23,25). The number of benzene rings is 2. The third kappa shape index (κ3) is 7.29. The Labute approximate surface area is 160 Å². The number of aryl methyl sites for hydroxylation is 1. The molecule has 0 heterocycles. The fourth-order valence-electron chi connectivity index (χ4n) is 2.51. The van der Waals surface area contributed by atoms with Crippen LogP contribution in [0.1, 0.15) is 24.0 Å². The number of methoxy groups -OCH3 is 1. The van der Waals surface area contributed by atoms with Crippen molar-refractivity contribution in [1.29, 1.82) is 0 Å². The minimum absolute atomic E-state index is 0.0943. The Morgan fingerprint density at radius 3 is 2.56 bits per heavy atom. The van der Waals surface area contributed by atoms with Gasteiger partial charge in [0.05, 0.1) is 7.11 Å². The number of nitrogens with one attached hydrogen (secondary N) is 2. The maximum Gasteiger partial charge on any atom is 0.262 e. The molecule has 0 aliphatic carbocycles. The molecule has 0 aliphatic rings. The van der Waals surface area contributed by atoms with E-state index in [1.54, 1.807) is 7.11 Å². The topological polar surface area (TPSA) is 79.8 Å². The van der Waals surface area contributed by atoms with Crippen molar-refractivity contribution >= 4 is 11.6 Å². The molecule has 2 aromatic rings. The summed E-state index contributed by atoms with van der Waals surface area (Å²) in [6.07, 6.45) is 1.73.